The molecule has 0 bridgehead atoms. The molecule has 0 aliphatic heterocycles. The minimum Gasteiger partial charge on any atom is -0.497 e. The molecule has 0 saturated heterocycles. The summed E-state index contributed by atoms with van der Waals surface area (Å²) in [6.45, 7) is 1.88. The molecule has 134 valence electrons. The molecule has 0 radical (unpaired) electrons. The van der Waals surface area contributed by atoms with E-state index in [9.17, 15) is 4.79 Å². The van der Waals surface area contributed by atoms with Crippen LogP contribution in [0.3, 0.4) is 0 Å². The number of nitrogens with one attached hydrogen (secondary N) is 1. The largest absolute Gasteiger partial charge is 0.497 e. The van der Waals surface area contributed by atoms with Gasteiger partial charge in [0.15, 0.2) is 0 Å². The van der Waals surface area contributed by atoms with Crippen LogP contribution in [0.4, 0.5) is 5.69 Å². The summed E-state index contributed by atoms with van der Waals surface area (Å²) in [4.78, 5) is 12.6. The van der Waals surface area contributed by atoms with Gasteiger partial charge in [-0.2, -0.15) is 0 Å². The summed E-state index contributed by atoms with van der Waals surface area (Å²) in [6, 6.07) is 17.0. The van der Waals surface area contributed by atoms with Crippen LogP contribution in [-0.4, -0.2) is 20.1 Å². The van der Waals surface area contributed by atoms with E-state index in [4.69, 9.17) is 21.1 Å². The SMILES string of the molecule is COc1ccc2cc([C@H](C)C(=O)Nc3ccc(OC)c(Cl)c3)ccc2c1. The van der Waals surface area contributed by atoms with Gasteiger partial charge in [0.25, 0.3) is 0 Å². The van der Waals surface area contributed by atoms with E-state index >= 15 is 0 Å². The van der Waals surface area contributed by atoms with E-state index < -0.39 is 0 Å². The number of rotatable bonds is 5. The van der Waals surface area contributed by atoms with Crippen LogP contribution < -0.4 is 14.8 Å². The Morgan fingerprint density at radius 1 is 0.962 bits per heavy atom. The molecular weight excluding hydrogens is 350 g/mol. The van der Waals surface area contributed by atoms with Crippen LogP contribution >= 0.6 is 11.6 Å². The minimum atomic E-state index is -0.303. The van der Waals surface area contributed by atoms with Gasteiger partial charge in [0, 0.05) is 5.69 Å². The fourth-order valence-corrected chi connectivity index (χ4v) is 3.04. The van der Waals surface area contributed by atoms with Crippen LogP contribution in [0.15, 0.2) is 54.6 Å². The van der Waals surface area contributed by atoms with Crippen LogP contribution in [0.2, 0.25) is 5.02 Å². The Bertz CT molecular complexity index is 955. The lowest BCUT2D eigenvalue weighted by Gasteiger charge is -2.14. The van der Waals surface area contributed by atoms with Gasteiger partial charge in [0.05, 0.1) is 25.2 Å². The zero-order chi connectivity index (χ0) is 18.7. The van der Waals surface area contributed by atoms with Gasteiger partial charge in [-0.25, -0.2) is 0 Å². The normalized spacial score (nSPS) is 11.8. The average Bonchev–Trinajstić information content (AvgIpc) is 2.66. The maximum atomic E-state index is 12.6. The molecule has 1 N–H and O–H groups in total. The van der Waals surface area contributed by atoms with Crippen LogP contribution in [0, 0.1) is 0 Å². The number of halogens is 1. The first-order valence-electron chi connectivity index (χ1n) is 8.24. The number of methoxy groups -OCH3 is 2. The quantitative estimate of drug-likeness (QED) is 0.667. The summed E-state index contributed by atoms with van der Waals surface area (Å²) in [5.41, 5.74) is 1.58. The first kappa shape index (κ1) is 18.1. The fourth-order valence-electron chi connectivity index (χ4n) is 2.78. The summed E-state index contributed by atoms with van der Waals surface area (Å²) < 4.78 is 10.4. The standard InChI is InChI=1S/C21H20ClNO3/c1-13(21(24)23-17-7-9-20(26-3)19(22)12-17)14-4-5-16-11-18(25-2)8-6-15(16)10-14/h4-13H,1-3H3,(H,23,24)/t13-/m0/s1. The van der Waals surface area contributed by atoms with E-state index in [1.807, 2.05) is 43.3 Å². The van der Waals surface area contributed by atoms with Crippen molar-refractivity contribution in [2.24, 2.45) is 0 Å². The van der Waals surface area contributed by atoms with Crippen molar-refractivity contribution in [3.63, 3.8) is 0 Å². The van der Waals surface area contributed by atoms with Gasteiger partial charge < -0.3 is 14.8 Å². The third-order valence-corrected chi connectivity index (χ3v) is 4.68. The third-order valence-electron chi connectivity index (χ3n) is 4.38. The predicted molar refractivity (Wildman–Crippen MR) is 106 cm³/mol. The van der Waals surface area contributed by atoms with Crippen molar-refractivity contribution >= 4 is 34.0 Å². The Morgan fingerprint density at radius 3 is 2.38 bits per heavy atom. The maximum absolute atomic E-state index is 12.6. The number of benzene rings is 3. The number of carbonyl (C=O) groups is 1. The van der Waals surface area contributed by atoms with Crippen molar-refractivity contribution in [3.05, 3.63) is 65.2 Å². The fraction of sp³-hybridized carbons (Fsp3) is 0.190. The molecule has 0 unspecified atom stereocenters. The van der Waals surface area contributed by atoms with Crippen molar-refractivity contribution < 1.29 is 14.3 Å². The maximum Gasteiger partial charge on any atom is 0.231 e. The molecule has 1 amide bonds. The highest BCUT2D eigenvalue weighted by Crippen LogP contribution is 2.29. The molecule has 0 aliphatic rings. The first-order chi connectivity index (χ1) is 12.5. The van der Waals surface area contributed by atoms with Gasteiger partial charge >= 0.3 is 0 Å². The topological polar surface area (TPSA) is 47.6 Å². The molecule has 0 spiro atoms. The molecular formula is C21H20ClNO3. The molecule has 0 aromatic heterocycles. The Hall–Kier alpha value is -2.72. The van der Waals surface area contributed by atoms with Crippen LogP contribution in [0.1, 0.15) is 18.4 Å². The summed E-state index contributed by atoms with van der Waals surface area (Å²) >= 11 is 6.11. The smallest absolute Gasteiger partial charge is 0.231 e. The number of carbonyl (C=O) groups excluding carboxylic acids is 1. The van der Waals surface area contributed by atoms with Crippen LogP contribution in [-0.2, 0) is 4.79 Å². The Kier molecular flexibility index (Phi) is 5.33. The molecule has 4 nitrogen and oxygen atoms in total. The zero-order valence-corrected chi connectivity index (χ0v) is 15.6. The molecule has 1 atom stereocenters. The number of fused-ring (bicyclic) bond motifs is 1. The van der Waals surface area contributed by atoms with Gasteiger partial charge in [-0.15, -0.1) is 0 Å². The second-order valence-corrected chi connectivity index (χ2v) is 6.44. The molecule has 3 aromatic rings. The monoisotopic (exact) mass is 369 g/mol. The van der Waals surface area contributed by atoms with Crippen LogP contribution in [0.25, 0.3) is 10.8 Å². The van der Waals surface area contributed by atoms with Gasteiger partial charge in [-0.05, 0) is 53.6 Å². The zero-order valence-electron chi connectivity index (χ0n) is 14.9. The van der Waals surface area contributed by atoms with E-state index in [0.29, 0.717) is 16.5 Å². The minimum absolute atomic E-state index is 0.0981. The average molecular weight is 370 g/mol. The molecule has 0 aliphatic carbocycles. The second kappa shape index (κ2) is 7.67. The number of anilines is 1. The molecule has 0 heterocycles. The van der Waals surface area contributed by atoms with Gasteiger partial charge in [-0.3, -0.25) is 4.79 Å². The van der Waals surface area contributed by atoms with Crippen LogP contribution in [0.5, 0.6) is 11.5 Å². The number of amides is 1. The summed E-state index contributed by atoms with van der Waals surface area (Å²) in [5.74, 6) is 0.983. The summed E-state index contributed by atoms with van der Waals surface area (Å²) in [7, 11) is 3.20. The van der Waals surface area contributed by atoms with Crippen molar-refractivity contribution in [2.75, 3.05) is 19.5 Å². The Labute approximate surface area is 157 Å². The predicted octanol–water partition coefficient (Wildman–Crippen LogP) is 5.25. The van der Waals surface area contributed by atoms with Crippen molar-refractivity contribution in [1.29, 1.82) is 0 Å². The third kappa shape index (κ3) is 3.75. The highest BCUT2D eigenvalue weighted by molar-refractivity contribution is 6.32. The molecule has 0 saturated carbocycles. The van der Waals surface area contributed by atoms with Crippen molar-refractivity contribution in [3.8, 4) is 11.5 Å². The van der Waals surface area contributed by atoms with E-state index in [2.05, 4.69) is 5.32 Å². The number of hydrogen-bond donors (Lipinski definition) is 1. The first-order valence-corrected chi connectivity index (χ1v) is 8.61. The Morgan fingerprint density at radius 2 is 1.69 bits per heavy atom. The molecule has 3 rings (SSSR count). The Balaban J connectivity index is 1.79. The molecule has 0 fully saturated rings. The van der Waals surface area contributed by atoms with E-state index in [1.54, 1.807) is 32.4 Å². The van der Waals surface area contributed by atoms with Gasteiger partial charge in [-0.1, -0.05) is 35.9 Å². The lowest BCUT2D eigenvalue weighted by atomic mass is 9.97. The van der Waals surface area contributed by atoms with E-state index in [-0.39, 0.29) is 11.8 Å². The van der Waals surface area contributed by atoms with Gasteiger partial charge in [0.2, 0.25) is 5.91 Å². The second-order valence-electron chi connectivity index (χ2n) is 6.03. The number of hydrogen-bond acceptors (Lipinski definition) is 3. The van der Waals surface area contributed by atoms with E-state index in [0.717, 1.165) is 22.1 Å². The van der Waals surface area contributed by atoms with Gasteiger partial charge in [0.1, 0.15) is 11.5 Å². The highest BCUT2D eigenvalue weighted by atomic mass is 35.5. The molecule has 26 heavy (non-hydrogen) atoms. The van der Waals surface area contributed by atoms with Crippen molar-refractivity contribution in [2.45, 2.75) is 12.8 Å². The molecule has 5 heteroatoms. The summed E-state index contributed by atoms with van der Waals surface area (Å²) in [6.07, 6.45) is 0. The lowest BCUT2D eigenvalue weighted by Crippen LogP contribution is -2.18. The van der Waals surface area contributed by atoms with Crippen molar-refractivity contribution in [1.82, 2.24) is 0 Å². The lowest BCUT2D eigenvalue weighted by molar-refractivity contribution is -0.117. The number of ether oxygens (including phenoxy) is 2. The highest BCUT2D eigenvalue weighted by Gasteiger charge is 2.16. The summed E-state index contributed by atoms with van der Waals surface area (Å²) in [5, 5.41) is 5.49. The van der Waals surface area contributed by atoms with E-state index in [1.165, 1.54) is 0 Å². The molecule has 3 aromatic carbocycles.